The maximum atomic E-state index is 11.1. The third kappa shape index (κ3) is 21.5. The molecule has 0 spiro atoms. The number of aliphatic hydroxyl groups is 1. The second kappa shape index (κ2) is 23.5. The van der Waals surface area contributed by atoms with E-state index in [2.05, 4.69) is 34.6 Å². The summed E-state index contributed by atoms with van der Waals surface area (Å²) in [6.07, 6.45) is 25.6. The molecule has 0 bridgehead atoms. The van der Waals surface area contributed by atoms with Crippen LogP contribution >= 0.6 is 0 Å². The van der Waals surface area contributed by atoms with E-state index in [-0.39, 0.29) is 12.0 Å². The molecule has 0 aliphatic rings. The van der Waals surface area contributed by atoms with Gasteiger partial charge in [0.25, 0.3) is 0 Å². The van der Waals surface area contributed by atoms with Crippen LogP contribution in [0.2, 0.25) is 0 Å². The smallest absolute Gasteiger partial charge is 0.306 e. The van der Waals surface area contributed by atoms with Crippen molar-refractivity contribution in [3.63, 3.8) is 0 Å². The number of carbonyl (C=O) groups is 1. The molecule has 36 heavy (non-hydrogen) atoms. The summed E-state index contributed by atoms with van der Waals surface area (Å²) < 4.78 is 0. The zero-order chi connectivity index (χ0) is 27.2. The highest BCUT2D eigenvalue weighted by molar-refractivity contribution is 5.69. The number of rotatable bonds is 26. The zero-order valence-electron chi connectivity index (χ0n) is 25.4. The minimum atomic E-state index is -0.681. The molecule has 0 saturated heterocycles. The summed E-state index contributed by atoms with van der Waals surface area (Å²) in [5, 5.41) is 19.8. The van der Waals surface area contributed by atoms with E-state index in [9.17, 15) is 9.90 Å². The number of aliphatic carboxylic acids is 1. The SMILES string of the molecule is CCCCCCCCCCCCCCCCCC(O)[C@H](C)C[C@H](C)C[C@H](C)C[C@H](C)C[C@H](C)C(=O)O. The van der Waals surface area contributed by atoms with Gasteiger partial charge in [-0.2, -0.15) is 0 Å². The van der Waals surface area contributed by atoms with Crippen molar-refractivity contribution in [1.29, 1.82) is 0 Å². The Morgan fingerprint density at radius 1 is 0.556 bits per heavy atom. The fourth-order valence-electron chi connectivity index (χ4n) is 6.17. The number of carboxylic acid groups (broad SMARTS) is 1. The van der Waals surface area contributed by atoms with Crippen LogP contribution in [-0.2, 0) is 4.79 Å². The predicted octanol–water partition coefficient (Wildman–Crippen LogP) is 10.4. The quantitative estimate of drug-likeness (QED) is 0.114. The molecule has 216 valence electrons. The molecule has 0 heterocycles. The molecule has 6 atom stereocenters. The zero-order valence-corrected chi connectivity index (χ0v) is 25.4. The number of hydrogen-bond donors (Lipinski definition) is 2. The van der Waals surface area contributed by atoms with Gasteiger partial charge in [0.2, 0.25) is 0 Å². The summed E-state index contributed by atoms with van der Waals surface area (Å²) >= 11 is 0. The molecule has 0 aliphatic heterocycles. The van der Waals surface area contributed by atoms with E-state index in [1.54, 1.807) is 0 Å². The van der Waals surface area contributed by atoms with Crippen molar-refractivity contribution in [3.8, 4) is 0 Å². The number of carboxylic acids is 1. The molecule has 2 N–H and O–H groups in total. The van der Waals surface area contributed by atoms with E-state index in [4.69, 9.17) is 5.11 Å². The summed E-state index contributed by atoms with van der Waals surface area (Å²) in [5.41, 5.74) is 0. The van der Waals surface area contributed by atoms with Crippen LogP contribution in [0.25, 0.3) is 0 Å². The fraction of sp³-hybridized carbons (Fsp3) is 0.970. The summed E-state index contributed by atoms with van der Waals surface area (Å²) in [5.74, 6) is 1.10. The summed E-state index contributed by atoms with van der Waals surface area (Å²) in [6, 6.07) is 0. The average Bonchev–Trinajstić information content (AvgIpc) is 2.80. The molecule has 0 fully saturated rings. The molecule has 0 aromatic carbocycles. The predicted molar refractivity (Wildman–Crippen MR) is 157 cm³/mol. The van der Waals surface area contributed by atoms with Gasteiger partial charge in [-0.05, 0) is 55.8 Å². The first kappa shape index (κ1) is 35.4. The lowest BCUT2D eigenvalue weighted by Crippen LogP contribution is -2.21. The molecule has 3 nitrogen and oxygen atoms in total. The van der Waals surface area contributed by atoms with Gasteiger partial charge in [0.1, 0.15) is 0 Å². The number of unbranched alkanes of at least 4 members (excludes halogenated alkanes) is 14. The lowest BCUT2D eigenvalue weighted by Gasteiger charge is -2.25. The molecule has 0 radical (unpaired) electrons. The van der Waals surface area contributed by atoms with Crippen molar-refractivity contribution in [2.75, 3.05) is 0 Å². The van der Waals surface area contributed by atoms with E-state index in [0.29, 0.717) is 23.7 Å². The molecule has 0 amide bonds. The molecule has 1 unspecified atom stereocenters. The third-order valence-electron chi connectivity index (χ3n) is 8.32. The van der Waals surface area contributed by atoms with Gasteiger partial charge in [-0.1, -0.05) is 138 Å². The van der Waals surface area contributed by atoms with Crippen LogP contribution < -0.4 is 0 Å². The maximum absolute atomic E-state index is 11.1. The summed E-state index contributed by atoms with van der Waals surface area (Å²) in [7, 11) is 0. The van der Waals surface area contributed by atoms with Gasteiger partial charge >= 0.3 is 5.97 Å². The Balaban J connectivity index is 3.68. The van der Waals surface area contributed by atoms with Gasteiger partial charge in [-0.3, -0.25) is 4.79 Å². The van der Waals surface area contributed by atoms with Crippen LogP contribution in [0, 0.1) is 29.6 Å². The topological polar surface area (TPSA) is 57.5 Å². The van der Waals surface area contributed by atoms with Crippen molar-refractivity contribution in [2.24, 2.45) is 29.6 Å². The van der Waals surface area contributed by atoms with Crippen molar-refractivity contribution < 1.29 is 15.0 Å². The number of hydrogen-bond acceptors (Lipinski definition) is 2. The van der Waals surface area contributed by atoms with Gasteiger partial charge in [-0.15, -0.1) is 0 Å². The van der Waals surface area contributed by atoms with Crippen LogP contribution in [0.15, 0.2) is 0 Å². The highest BCUT2D eigenvalue weighted by atomic mass is 16.4. The minimum absolute atomic E-state index is 0.167. The van der Waals surface area contributed by atoms with E-state index < -0.39 is 5.97 Å². The molecule has 0 aliphatic carbocycles. The van der Waals surface area contributed by atoms with Crippen LogP contribution in [0.3, 0.4) is 0 Å². The summed E-state index contributed by atoms with van der Waals surface area (Å²) in [6.45, 7) is 13.1. The normalized spacial score (nSPS) is 16.9. The van der Waals surface area contributed by atoms with Crippen LogP contribution in [0.1, 0.15) is 170 Å². The third-order valence-corrected chi connectivity index (χ3v) is 8.32. The Labute approximate surface area is 226 Å². The van der Waals surface area contributed by atoms with Crippen molar-refractivity contribution in [2.45, 2.75) is 176 Å². The molecular weight excluding hydrogens is 444 g/mol. The van der Waals surface area contributed by atoms with E-state index in [0.717, 1.165) is 32.1 Å². The maximum Gasteiger partial charge on any atom is 0.306 e. The first-order chi connectivity index (χ1) is 17.2. The highest BCUT2D eigenvalue weighted by Crippen LogP contribution is 2.28. The van der Waals surface area contributed by atoms with Crippen molar-refractivity contribution in [1.82, 2.24) is 0 Å². The number of aliphatic hydroxyl groups excluding tert-OH is 1. The molecule has 0 rings (SSSR count). The molecule has 0 saturated carbocycles. The Morgan fingerprint density at radius 3 is 1.33 bits per heavy atom. The van der Waals surface area contributed by atoms with Crippen LogP contribution in [-0.4, -0.2) is 22.3 Å². The van der Waals surface area contributed by atoms with Crippen LogP contribution in [0.5, 0.6) is 0 Å². The Bertz CT molecular complexity index is 491. The van der Waals surface area contributed by atoms with Gasteiger partial charge in [-0.25, -0.2) is 0 Å². The lowest BCUT2D eigenvalue weighted by atomic mass is 9.82. The van der Waals surface area contributed by atoms with Crippen LogP contribution in [0.4, 0.5) is 0 Å². The van der Waals surface area contributed by atoms with Gasteiger partial charge in [0, 0.05) is 0 Å². The first-order valence-electron chi connectivity index (χ1n) is 16.1. The fourth-order valence-corrected chi connectivity index (χ4v) is 6.17. The minimum Gasteiger partial charge on any atom is -0.481 e. The second-order valence-corrected chi connectivity index (χ2v) is 12.8. The van der Waals surface area contributed by atoms with Gasteiger partial charge < -0.3 is 10.2 Å². The Hall–Kier alpha value is -0.570. The van der Waals surface area contributed by atoms with E-state index in [1.807, 2.05) is 6.92 Å². The monoisotopic (exact) mass is 511 g/mol. The van der Waals surface area contributed by atoms with Gasteiger partial charge in [0.05, 0.1) is 12.0 Å². The average molecular weight is 511 g/mol. The standard InChI is InChI=1S/C33H66O3/c1-7-8-9-10-11-12-13-14-15-16-17-18-19-20-21-22-32(34)30(5)25-28(3)23-27(2)24-29(4)26-31(6)33(35)36/h27-32,34H,7-26H2,1-6H3,(H,35,36)/t27-,28+,29-,30+,31-,32?/m0/s1. The molecule has 0 aromatic rings. The molecule has 3 heteroatoms. The Kier molecular flexibility index (Phi) is 23.2. The highest BCUT2D eigenvalue weighted by Gasteiger charge is 2.21. The molecular formula is C33H66O3. The van der Waals surface area contributed by atoms with E-state index in [1.165, 1.54) is 96.3 Å². The lowest BCUT2D eigenvalue weighted by molar-refractivity contribution is -0.141. The largest absolute Gasteiger partial charge is 0.481 e. The van der Waals surface area contributed by atoms with Crippen molar-refractivity contribution in [3.05, 3.63) is 0 Å². The van der Waals surface area contributed by atoms with Gasteiger partial charge in [0.15, 0.2) is 0 Å². The second-order valence-electron chi connectivity index (χ2n) is 12.8. The summed E-state index contributed by atoms with van der Waals surface area (Å²) in [4.78, 5) is 11.1. The molecule has 0 aromatic heterocycles. The Morgan fingerprint density at radius 2 is 0.917 bits per heavy atom. The first-order valence-corrected chi connectivity index (χ1v) is 16.1. The van der Waals surface area contributed by atoms with Crippen molar-refractivity contribution >= 4 is 5.97 Å². The van der Waals surface area contributed by atoms with E-state index >= 15 is 0 Å².